The average Bonchev–Trinajstić information content (AvgIpc) is 2.40. The number of aliphatic carboxylic acids is 1. The topological polar surface area (TPSA) is 117 Å². The van der Waals surface area contributed by atoms with E-state index >= 15 is 0 Å². The molecule has 0 aromatic carbocycles. The van der Waals surface area contributed by atoms with E-state index < -0.39 is 37.0 Å². The molecular formula is C15H28N3NaO4. The normalized spacial score (nSPS) is 13.1. The molecule has 0 atom stereocenters. The molecule has 8 heteroatoms. The second-order valence-electron chi connectivity index (χ2n) is 5.94. The van der Waals surface area contributed by atoms with Gasteiger partial charge in [0.2, 0.25) is 5.91 Å². The van der Waals surface area contributed by atoms with Crippen LogP contribution in [0.2, 0.25) is 0 Å². The maximum Gasteiger partial charge on any atom is 1.00 e. The fourth-order valence-electron chi connectivity index (χ4n) is 1.84. The number of carboxylic acids is 1. The molecule has 0 heterocycles. The van der Waals surface area contributed by atoms with Crippen molar-refractivity contribution in [1.29, 1.82) is 5.41 Å². The van der Waals surface area contributed by atoms with Crippen molar-refractivity contribution in [1.82, 2.24) is 10.2 Å². The van der Waals surface area contributed by atoms with E-state index in [4.69, 9.17) is 9.52 Å². The molecule has 0 saturated heterocycles. The zero-order valence-corrected chi connectivity index (χ0v) is 16.3. The first-order valence-corrected chi connectivity index (χ1v) is 7.41. The fourth-order valence-corrected chi connectivity index (χ4v) is 1.84. The third-order valence-electron chi connectivity index (χ3n) is 3.01. The molecule has 0 aliphatic heterocycles. The van der Waals surface area contributed by atoms with Crippen LogP contribution in [-0.2, 0) is 9.59 Å². The molecule has 0 bridgehead atoms. The molecule has 23 heavy (non-hydrogen) atoms. The number of aliphatic hydroxyl groups is 1. The second kappa shape index (κ2) is 12.8. The van der Waals surface area contributed by atoms with Crippen LogP contribution in [0.3, 0.4) is 0 Å². The predicted molar refractivity (Wildman–Crippen MR) is 82.1 cm³/mol. The number of likely N-dealkylation sites (N-methyl/N-ethyl adjacent to an activating group) is 1. The van der Waals surface area contributed by atoms with Crippen molar-refractivity contribution in [3.05, 3.63) is 0 Å². The van der Waals surface area contributed by atoms with Gasteiger partial charge in [0, 0.05) is 17.5 Å². The number of carbonyl (C=O) groups excluding carboxylic acids is 2. The number of hydrogen-bond donors (Lipinski definition) is 3. The van der Waals surface area contributed by atoms with Crippen LogP contribution in [-0.4, -0.2) is 47.0 Å². The van der Waals surface area contributed by atoms with E-state index in [1.54, 1.807) is 13.8 Å². The maximum atomic E-state index is 11.7. The molecule has 0 radical (unpaired) electrons. The SMILES string of the molecule is [2H]C([2H])([2H])N(CC(=O)[O-])C(=N)NC(=O)CCCCCCCC(C)(C)O.[Na+]. The van der Waals surface area contributed by atoms with Crippen molar-refractivity contribution >= 4 is 17.8 Å². The van der Waals surface area contributed by atoms with E-state index in [2.05, 4.69) is 5.32 Å². The molecule has 1 amide bonds. The summed E-state index contributed by atoms with van der Waals surface area (Å²) >= 11 is 0. The van der Waals surface area contributed by atoms with Gasteiger partial charge in [-0.05, 0) is 26.7 Å². The summed E-state index contributed by atoms with van der Waals surface area (Å²) in [5, 5.41) is 29.8. The molecule has 0 fully saturated rings. The van der Waals surface area contributed by atoms with Crippen LogP contribution in [0, 0.1) is 5.41 Å². The summed E-state index contributed by atoms with van der Waals surface area (Å²) < 4.78 is 21.6. The Morgan fingerprint density at radius 3 is 2.35 bits per heavy atom. The molecule has 0 aliphatic rings. The van der Waals surface area contributed by atoms with Gasteiger partial charge < -0.3 is 19.9 Å². The summed E-state index contributed by atoms with van der Waals surface area (Å²) in [6.45, 7) is -0.341. The van der Waals surface area contributed by atoms with Gasteiger partial charge in [-0.1, -0.05) is 25.7 Å². The maximum absolute atomic E-state index is 11.7. The fraction of sp³-hybridized carbons (Fsp3) is 0.800. The zero-order chi connectivity index (χ0) is 19.7. The van der Waals surface area contributed by atoms with E-state index in [0.717, 1.165) is 25.7 Å². The van der Waals surface area contributed by atoms with Crippen molar-refractivity contribution < 1.29 is 53.5 Å². The van der Waals surface area contributed by atoms with Crippen molar-refractivity contribution in [2.45, 2.75) is 64.4 Å². The Morgan fingerprint density at radius 2 is 1.83 bits per heavy atom. The third-order valence-corrected chi connectivity index (χ3v) is 3.01. The largest absolute Gasteiger partial charge is 1.00 e. The van der Waals surface area contributed by atoms with Gasteiger partial charge in [-0.3, -0.25) is 15.5 Å². The Morgan fingerprint density at radius 1 is 1.26 bits per heavy atom. The number of unbranched alkanes of at least 4 members (excludes halogenated alkanes) is 4. The van der Waals surface area contributed by atoms with Gasteiger partial charge >= 0.3 is 29.6 Å². The Bertz CT molecular complexity index is 468. The van der Waals surface area contributed by atoms with Gasteiger partial charge in [0.15, 0.2) is 5.96 Å². The Kier molecular flexibility index (Phi) is 10.4. The molecule has 3 N–H and O–H groups in total. The molecule has 0 saturated carbocycles. The van der Waals surface area contributed by atoms with Crippen molar-refractivity contribution in [2.75, 3.05) is 13.5 Å². The smallest absolute Gasteiger partial charge is 0.548 e. The number of hydrogen-bond acceptors (Lipinski definition) is 5. The first-order valence-electron chi connectivity index (χ1n) is 8.91. The van der Waals surface area contributed by atoms with Gasteiger partial charge in [0.1, 0.15) is 0 Å². The van der Waals surface area contributed by atoms with E-state index in [1.165, 1.54) is 0 Å². The van der Waals surface area contributed by atoms with Gasteiger partial charge in [0.05, 0.1) is 18.1 Å². The minimum absolute atomic E-state index is 0. The van der Waals surface area contributed by atoms with Crippen LogP contribution in [0.15, 0.2) is 0 Å². The van der Waals surface area contributed by atoms with E-state index in [-0.39, 0.29) is 40.9 Å². The molecule has 0 aromatic rings. The molecule has 0 spiro atoms. The van der Waals surface area contributed by atoms with Crippen molar-refractivity contribution in [3.8, 4) is 0 Å². The molecule has 0 unspecified atom stereocenters. The van der Waals surface area contributed by atoms with E-state index in [0.29, 0.717) is 12.8 Å². The number of nitrogens with zero attached hydrogens (tertiary/aromatic N) is 1. The van der Waals surface area contributed by atoms with Crippen LogP contribution in [0.25, 0.3) is 0 Å². The Hall–Kier alpha value is -0.630. The van der Waals surface area contributed by atoms with Crippen LogP contribution < -0.4 is 40.0 Å². The van der Waals surface area contributed by atoms with Crippen molar-refractivity contribution in [2.24, 2.45) is 0 Å². The van der Waals surface area contributed by atoms with Crippen LogP contribution in [0.4, 0.5) is 0 Å². The summed E-state index contributed by atoms with van der Waals surface area (Å²) in [5.41, 5.74) is -0.666. The van der Waals surface area contributed by atoms with E-state index in [9.17, 15) is 19.8 Å². The number of carbonyl (C=O) groups is 2. The monoisotopic (exact) mass is 340 g/mol. The Balaban J connectivity index is 0. The third kappa shape index (κ3) is 16.0. The quantitative estimate of drug-likeness (QED) is 0.172. The summed E-state index contributed by atoms with van der Waals surface area (Å²) in [5.74, 6) is -2.96. The van der Waals surface area contributed by atoms with Crippen LogP contribution in [0.5, 0.6) is 0 Å². The van der Waals surface area contributed by atoms with Crippen LogP contribution >= 0.6 is 0 Å². The zero-order valence-electron chi connectivity index (χ0n) is 17.3. The Labute approximate surface area is 164 Å². The number of carboxylic acid groups (broad SMARTS) is 1. The van der Waals surface area contributed by atoms with Gasteiger partial charge in [-0.25, -0.2) is 0 Å². The van der Waals surface area contributed by atoms with Crippen molar-refractivity contribution in [3.63, 3.8) is 0 Å². The number of guanidine groups is 1. The molecule has 0 rings (SSSR count). The van der Waals surface area contributed by atoms with Gasteiger partial charge in [0.25, 0.3) is 0 Å². The summed E-state index contributed by atoms with van der Waals surface area (Å²) in [6, 6.07) is 0. The first kappa shape index (κ1) is 18.7. The first-order chi connectivity index (χ1) is 11.3. The van der Waals surface area contributed by atoms with E-state index in [1.807, 2.05) is 0 Å². The van der Waals surface area contributed by atoms with Crippen LogP contribution in [0.1, 0.15) is 62.9 Å². The summed E-state index contributed by atoms with van der Waals surface area (Å²) in [7, 11) is 0. The second-order valence-corrected chi connectivity index (χ2v) is 5.94. The molecule has 0 aliphatic carbocycles. The summed E-state index contributed by atoms with van der Waals surface area (Å²) in [6.07, 6.45) is 4.97. The number of amides is 1. The van der Waals surface area contributed by atoms with Gasteiger partial charge in [-0.2, -0.15) is 0 Å². The molecular weight excluding hydrogens is 309 g/mol. The predicted octanol–water partition coefficient (Wildman–Crippen LogP) is -2.78. The average molecular weight is 340 g/mol. The molecule has 0 aromatic heterocycles. The standard InChI is InChI=1S/C15H29N3O4.Na/c1-15(2,22)10-8-6-4-5-7-9-12(19)17-14(16)18(3)11-13(20)21;/h22H,4-11H2,1-3H3,(H,20,21)(H2,16,17,19);/q;+1/p-1/i3D3;. The number of rotatable bonds is 10. The molecule has 128 valence electrons. The minimum Gasteiger partial charge on any atom is -0.548 e. The molecule has 7 nitrogen and oxygen atoms in total. The number of nitrogens with one attached hydrogen (secondary N) is 2. The van der Waals surface area contributed by atoms with Gasteiger partial charge in [-0.15, -0.1) is 0 Å². The summed E-state index contributed by atoms with van der Waals surface area (Å²) in [4.78, 5) is 22.6. The minimum atomic E-state index is -2.86.